The molecule has 5 heteroatoms. The van der Waals surface area contributed by atoms with Crippen molar-refractivity contribution in [2.24, 2.45) is 0 Å². The molecule has 0 aliphatic rings. The second-order valence-corrected chi connectivity index (χ2v) is 4.25. The molecule has 0 bridgehead atoms. The van der Waals surface area contributed by atoms with Gasteiger partial charge in [-0.15, -0.1) is 0 Å². The molecule has 3 aromatic rings. The lowest BCUT2D eigenvalue weighted by Gasteiger charge is -1.93. The Hall–Kier alpha value is -2.95. The van der Waals surface area contributed by atoms with Crippen molar-refractivity contribution in [2.45, 2.75) is 0 Å². The number of nitro benzene ring substituents is 1. The largest absolute Gasteiger partial charge is 0.356 e. The standard InChI is InChI=1S/C15H10N2O3/c18-17(19)12-8-5-11(6-9-12)7-10-15-13-3-1-2-4-14(13)16-20-15/h1-10H. The van der Waals surface area contributed by atoms with Crippen molar-refractivity contribution < 1.29 is 9.45 Å². The number of nitro groups is 1. The first-order chi connectivity index (χ1) is 9.74. The van der Waals surface area contributed by atoms with Crippen molar-refractivity contribution in [3.8, 4) is 0 Å². The molecule has 98 valence electrons. The minimum atomic E-state index is -0.419. The van der Waals surface area contributed by atoms with Crippen LogP contribution in [0, 0.1) is 10.1 Å². The van der Waals surface area contributed by atoms with Gasteiger partial charge in [0.2, 0.25) is 0 Å². The minimum absolute atomic E-state index is 0.0762. The van der Waals surface area contributed by atoms with E-state index >= 15 is 0 Å². The van der Waals surface area contributed by atoms with Crippen LogP contribution in [-0.4, -0.2) is 10.1 Å². The normalized spacial score (nSPS) is 11.2. The number of hydrogen-bond acceptors (Lipinski definition) is 4. The summed E-state index contributed by atoms with van der Waals surface area (Å²) >= 11 is 0. The molecule has 0 N–H and O–H groups in total. The third-order valence-corrected chi connectivity index (χ3v) is 2.94. The first-order valence-electron chi connectivity index (χ1n) is 6.01. The molecule has 20 heavy (non-hydrogen) atoms. The molecule has 0 unspecified atom stereocenters. The molecule has 3 rings (SSSR count). The molecule has 2 aromatic carbocycles. The molecule has 0 atom stereocenters. The first-order valence-corrected chi connectivity index (χ1v) is 6.01. The average Bonchev–Trinajstić information content (AvgIpc) is 2.89. The zero-order valence-electron chi connectivity index (χ0n) is 10.4. The zero-order valence-corrected chi connectivity index (χ0v) is 10.4. The first kappa shape index (κ1) is 12.1. The van der Waals surface area contributed by atoms with E-state index in [0.717, 1.165) is 16.5 Å². The number of nitrogens with zero attached hydrogens (tertiary/aromatic N) is 2. The Morgan fingerprint density at radius 2 is 1.80 bits per heavy atom. The molecule has 1 aromatic heterocycles. The highest BCUT2D eigenvalue weighted by Gasteiger charge is 2.05. The summed E-state index contributed by atoms with van der Waals surface area (Å²) in [6.45, 7) is 0. The summed E-state index contributed by atoms with van der Waals surface area (Å²) < 4.78 is 5.25. The molecule has 1 heterocycles. The summed E-state index contributed by atoms with van der Waals surface area (Å²) in [6.07, 6.45) is 3.63. The molecular weight excluding hydrogens is 256 g/mol. The fraction of sp³-hybridized carbons (Fsp3) is 0. The van der Waals surface area contributed by atoms with E-state index in [2.05, 4.69) is 5.16 Å². The Balaban J connectivity index is 1.88. The summed E-state index contributed by atoms with van der Waals surface area (Å²) in [5.41, 5.74) is 1.74. The highest BCUT2D eigenvalue weighted by atomic mass is 16.6. The third-order valence-electron chi connectivity index (χ3n) is 2.94. The molecule has 0 amide bonds. The van der Waals surface area contributed by atoms with Crippen LogP contribution >= 0.6 is 0 Å². The van der Waals surface area contributed by atoms with Gasteiger partial charge in [-0.2, -0.15) is 0 Å². The van der Waals surface area contributed by atoms with Crippen LogP contribution < -0.4 is 0 Å². The zero-order chi connectivity index (χ0) is 13.9. The summed E-state index contributed by atoms with van der Waals surface area (Å²) in [4.78, 5) is 10.1. The highest BCUT2D eigenvalue weighted by Crippen LogP contribution is 2.20. The minimum Gasteiger partial charge on any atom is -0.356 e. The van der Waals surface area contributed by atoms with Gasteiger partial charge in [0.1, 0.15) is 5.52 Å². The van der Waals surface area contributed by atoms with Crippen molar-refractivity contribution in [1.29, 1.82) is 0 Å². The van der Waals surface area contributed by atoms with Crippen molar-refractivity contribution in [3.05, 3.63) is 70.0 Å². The Kier molecular flexibility index (Phi) is 3.01. The lowest BCUT2D eigenvalue weighted by Crippen LogP contribution is -1.86. The molecule has 0 saturated carbocycles. The van der Waals surface area contributed by atoms with Gasteiger partial charge in [0, 0.05) is 17.5 Å². The maximum absolute atomic E-state index is 10.6. The molecule has 0 fully saturated rings. The molecule has 5 nitrogen and oxygen atoms in total. The van der Waals surface area contributed by atoms with Gasteiger partial charge in [-0.05, 0) is 35.9 Å². The van der Waals surface area contributed by atoms with Crippen LogP contribution in [0.15, 0.2) is 53.1 Å². The van der Waals surface area contributed by atoms with Gasteiger partial charge in [0.05, 0.1) is 4.92 Å². The van der Waals surface area contributed by atoms with E-state index in [0.29, 0.717) is 5.76 Å². The molecule has 0 aliphatic carbocycles. The maximum atomic E-state index is 10.6. The van der Waals surface area contributed by atoms with Crippen molar-refractivity contribution in [3.63, 3.8) is 0 Å². The predicted octanol–water partition coefficient (Wildman–Crippen LogP) is 3.91. The number of fused-ring (bicyclic) bond motifs is 1. The van der Waals surface area contributed by atoms with Crippen molar-refractivity contribution in [1.82, 2.24) is 5.16 Å². The molecule has 0 spiro atoms. The van der Waals surface area contributed by atoms with Crippen LogP contribution in [0.2, 0.25) is 0 Å². The lowest BCUT2D eigenvalue weighted by molar-refractivity contribution is -0.384. The van der Waals surface area contributed by atoms with E-state index in [1.165, 1.54) is 12.1 Å². The van der Waals surface area contributed by atoms with Gasteiger partial charge in [0.15, 0.2) is 5.76 Å². The van der Waals surface area contributed by atoms with Crippen LogP contribution in [0.4, 0.5) is 5.69 Å². The molecule has 0 saturated heterocycles. The number of hydrogen-bond donors (Lipinski definition) is 0. The number of benzene rings is 2. The Morgan fingerprint density at radius 3 is 2.55 bits per heavy atom. The SMILES string of the molecule is O=[N+]([O-])c1ccc(C=Cc2onc3ccccc23)cc1. The van der Waals surface area contributed by atoms with Crippen LogP contribution in [0.25, 0.3) is 23.1 Å². The van der Waals surface area contributed by atoms with E-state index in [4.69, 9.17) is 4.52 Å². The smallest absolute Gasteiger partial charge is 0.269 e. The monoisotopic (exact) mass is 266 g/mol. The van der Waals surface area contributed by atoms with Crippen molar-refractivity contribution in [2.75, 3.05) is 0 Å². The second kappa shape index (κ2) is 4.97. The Labute approximate surface area is 114 Å². The quantitative estimate of drug-likeness (QED) is 0.532. The van der Waals surface area contributed by atoms with E-state index < -0.39 is 4.92 Å². The van der Waals surface area contributed by atoms with Crippen LogP contribution in [0.1, 0.15) is 11.3 Å². The fourth-order valence-electron chi connectivity index (χ4n) is 1.91. The van der Waals surface area contributed by atoms with Gasteiger partial charge < -0.3 is 4.52 Å². The van der Waals surface area contributed by atoms with Crippen LogP contribution in [0.5, 0.6) is 0 Å². The summed E-state index contributed by atoms with van der Waals surface area (Å²) in [5, 5.41) is 15.5. The lowest BCUT2D eigenvalue weighted by atomic mass is 10.1. The molecular formula is C15H10N2O3. The molecule has 0 radical (unpaired) electrons. The average molecular weight is 266 g/mol. The number of aromatic nitrogens is 1. The van der Waals surface area contributed by atoms with Crippen LogP contribution in [-0.2, 0) is 0 Å². The number of rotatable bonds is 3. The predicted molar refractivity (Wildman–Crippen MR) is 76.0 cm³/mol. The summed E-state index contributed by atoms with van der Waals surface area (Å²) in [5.74, 6) is 0.666. The van der Waals surface area contributed by atoms with Crippen LogP contribution in [0.3, 0.4) is 0 Å². The maximum Gasteiger partial charge on any atom is 0.269 e. The third kappa shape index (κ3) is 2.29. The van der Waals surface area contributed by atoms with Gasteiger partial charge in [-0.3, -0.25) is 10.1 Å². The molecule has 0 aliphatic heterocycles. The van der Waals surface area contributed by atoms with Gasteiger partial charge in [-0.1, -0.05) is 23.4 Å². The van der Waals surface area contributed by atoms with Gasteiger partial charge >= 0.3 is 0 Å². The fourth-order valence-corrected chi connectivity index (χ4v) is 1.91. The summed E-state index contributed by atoms with van der Waals surface area (Å²) in [7, 11) is 0. The van der Waals surface area contributed by atoms with Crippen molar-refractivity contribution >= 4 is 28.7 Å². The Morgan fingerprint density at radius 1 is 1.05 bits per heavy atom. The summed E-state index contributed by atoms with van der Waals surface area (Å²) in [6, 6.07) is 13.9. The second-order valence-electron chi connectivity index (χ2n) is 4.25. The topological polar surface area (TPSA) is 69.2 Å². The van der Waals surface area contributed by atoms with E-state index in [9.17, 15) is 10.1 Å². The van der Waals surface area contributed by atoms with Gasteiger partial charge in [0.25, 0.3) is 5.69 Å². The van der Waals surface area contributed by atoms with E-state index in [1.54, 1.807) is 18.2 Å². The van der Waals surface area contributed by atoms with E-state index in [-0.39, 0.29) is 5.69 Å². The highest BCUT2D eigenvalue weighted by molar-refractivity contribution is 5.88. The van der Waals surface area contributed by atoms with Gasteiger partial charge in [-0.25, -0.2) is 0 Å². The number of non-ortho nitro benzene ring substituents is 1. The van der Waals surface area contributed by atoms with E-state index in [1.807, 2.05) is 30.3 Å². The Bertz CT molecular complexity index is 788.